The molecule has 25 heavy (non-hydrogen) atoms. The van der Waals surface area contributed by atoms with E-state index in [0.29, 0.717) is 0 Å². The van der Waals surface area contributed by atoms with E-state index in [0.717, 1.165) is 48.3 Å². The predicted octanol–water partition coefficient (Wildman–Crippen LogP) is 4.80. The number of nitrogens with zero attached hydrogens (tertiary/aromatic N) is 2. The van der Waals surface area contributed by atoms with Gasteiger partial charge in [-0.2, -0.15) is 11.8 Å². The van der Waals surface area contributed by atoms with Crippen LogP contribution in [0.2, 0.25) is 0 Å². The fourth-order valence-corrected chi connectivity index (χ4v) is 3.33. The fourth-order valence-electron chi connectivity index (χ4n) is 2.43. The van der Waals surface area contributed by atoms with Crippen molar-refractivity contribution in [2.75, 3.05) is 11.5 Å². The first-order valence-electron chi connectivity index (χ1n) is 8.10. The lowest BCUT2D eigenvalue weighted by molar-refractivity contribution is -0.385. The van der Waals surface area contributed by atoms with Crippen LogP contribution in [0.3, 0.4) is 0 Å². The van der Waals surface area contributed by atoms with E-state index in [2.05, 4.69) is 0 Å². The predicted molar refractivity (Wildman–Crippen MR) is 100 cm³/mol. The zero-order valence-corrected chi connectivity index (χ0v) is 14.6. The third kappa shape index (κ3) is 6.54. The smallest absolute Gasteiger partial charge is 0.258 e. The number of nitro benzene ring substituents is 2. The second-order valence-corrected chi connectivity index (χ2v) is 6.89. The molecular formula is C18H20N2O4S. The summed E-state index contributed by atoms with van der Waals surface area (Å²) < 4.78 is 0. The molecular weight excluding hydrogens is 340 g/mol. The quantitative estimate of drug-likeness (QED) is 0.345. The highest BCUT2D eigenvalue weighted by atomic mass is 32.2. The van der Waals surface area contributed by atoms with Crippen molar-refractivity contribution in [3.63, 3.8) is 0 Å². The lowest BCUT2D eigenvalue weighted by Crippen LogP contribution is -1.93. The minimum absolute atomic E-state index is 0.129. The Hall–Kier alpha value is -2.41. The van der Waals surface area contributed by atoms with Crippen molar-refractivity contribution in [3.8, 4) is 0 Å². The molecule has 2 aromatic carbocycles. The van der Waals surface area contributed by atoms with Gasteiger partial charge in [-0.1, -0.05) is 24.3 Å². The summed E-state index contributed by atoms with van der Waals surface area (Å²) in [6.07, 6.45) is 3.93. The van der Waals surface area contributed by atoms with E-state index in [1.54, 1.807) is 24.3 Å². The summed E-state index contributed by atoms with van der Waals surface area (Å²) in [7, 11) is 0. The molecule has 0 aliphatic carbocycles. The van der Waals surface area contributed by atoms with Gasteiger partial charge in [-0.05, 0) is 48.3 Å². The molecule has 0 saturated heterocycles. The lowest BCUT2D eigenvalue weighted by atomic mass is 10.1. The molecule has 0 aromatic heterocycles. The van der Waals surface area contributed by atoms with E-state index in [1.165, 1.54) is 0 Å². The molecule has 0 aliphatic heterocycles. The number of nitro groups is 2. The van der Waals surface area contributed by atoms with Crippen molar-refractivity contribution in [1.29, 1.82) is 0 Å². The normalized spacial score (nSPS) is 10.6. The zero-order chi connectivity index (χ0) is 18.1. The molecule has 0 spiro atoms. The van der Waals surface area contributed by atoms with Gasteiger partial charge in [0.05, 0.1) is 9.85 Å². The summed E-state index contributed by atoms with van der Waals surface area (Å²) in [4.78, 5) is 20.4. The van der Waals surface area contributed by atoms with Crippen LogP contribution in [0.1, 0.15) is 24.0 Å². The first-order chi connectivity index (χ1) is 12.1. The van der Waals surface area contributed by atoms with E-state index >= 15 is 0 Å². The van der Waals surface area contributed by atoms with Gasteiger partial charge in [-0.15, -0.1) is 0 Å². The Labute approximate surface area is 150 Å². The van der Waals surface area contributed by atoms with E-state index in [1.807, 2.05) is 36.0 Å². The Kier molecular flexibility index (Phi) is 7.40. The molecule has 2 aromatic rings. The summed E-state index contributed by atoms with van der Waals surface area (Å²) in [5, 5.41) is 21.2. The maximum absolute atomic E-state index is 10.6. The Bertz CT molecular complexity index is 641. The van der Waals surface area contributed by atoms with Gasteiger partial charge in [0.15, 0.2) is 0 Å². The van der Waals surface area contributed by atoms with Crippen LogP contribution in [0.25, 0.3) is 0 Å². The third-order valence-electron chi connectivity index (χ3n) is 3.80. The average molecular weight is 360 g/mol. The van der Waals surface area contributed by atoms with Gasteiger partial charge in [-0.25, -0.2) is 0 Å². The van der Waals surface area contributed by atoms with Crippen molar-refractivity contribution in [2.45, 2.75) is 25.7 Å². The molecule has 0 aliphatic rings. The Morgan fingerprint density at radius 3 is 1.36 bits per heavy atom. The standard InChI is InChI=1S/C18H20N2O4S/c21-19(22)17-9-5-15(6-10-17)3-1-13-25-14-2-4-16-7-11-18(12-8-16)20(23)24/h5-12H,1-4,13-14H2. The van der Waals surface area contributed by atoms with Gasteiger partial charge < -0.3 is 0 Å². The second-order valence-electron chi connectivity index (χ2n) is 5.67. The molecule has 0 radical (unpaired) electrons. The number of hydrogen-bond donors (Lipinski definition) is 0. The molecule has 0 heterocycles. The highest BCUT2D eigenvalue weighted by Crippen LogP contribution is 2.16. The minimum Gasteiger partial charge on any atom is -0.258 e. The monoisotopic (exact) mass is 360 g/mol. The molecule has 0 fully saturated rings. The Morgan fingerprint density at radius 1 is 0.680 bits per heavy atom. The molecule has 0 unspecified atom stereocenters. The SMILES string of the molecule is O=[N+]([O-])c1ccc(CCCSCCCc2ccc([N+](=O)[O-])cc2)cc1. The van der Waals surface area contributed by atoms with Crippen LogP contribution >= 0.6 is 11.8 Å². The van der Waals surface area contributed by atoms with E-state index < -0.39 is 0 Å². The van der Waals surface area contributed by atoms with Crippen LogP contribution in [-0.4, -0.2) is 21.4 Å². The Balaban J connectivity index is 1.57. The summed E-state index contributed by atoms with van der Waals surface area (Å²) in [6, 6.07) is 13.5. The molecule has 132 valence electrons. The Morgan fingerprint density at radius 2 is 1.04 bits per heavy atom. The summed E-state index contributed by atoms with van der Waals surface area (Å²) in [5.74, 6) is 2.11. The van der Waals surface area contributed by atoms with Crippen LogP contribution < -0.4 is 0 Å². The largest absolute Gasteiger partial charge is 0.269 e. The molecule has 6 nitrogen and oxygen atoms in total. The van der Waals surface area contributed by atoms with Crippen LogP contribution in [0.4, 0.5) is 11.4 Å². The molecule has 0 atom stereocenters. The number of non-ortho nitro benzene ring substituents is 2. The number of hydrogen-bond acceptors (Lipinski definition) is 5. The number of aryl methyl sites for hydroxylation is 2. The van der Waals surface area contributed by atoms with Crippen molar-refractivity contribution < 1.29 is 9.85 Å². The van der Waals surface area contributed by atoms with Gasteiger partial charge >= 0.3 is 0 Å². The molecule has 0 bridgehead atoms. The van der Waals surface area contributed by atoms with Gasteiger partial charge in [-0.3, -0.25) is 20.2 Å². The maximum Gasteiger partial charge on any atom is 0.269 e. The van der Waals surface area contributed by atoms with E-state index in [-0.39, 0.29) is 21.2 Å². The van der Waals surface area contributed by atoms with E-state index in [4.69, 9.17) is 0 Å². The third-order valence-corrected chi connectivity index (χ3v) is 4.96. The van der Waals surface area contributed by atoms with Crippen LogP contribution in [0.15, 0.2) is 48.5 Å². The van der Waals surface area contributed by atoms with Gasteiger partial charge in [0.25, 0.3) is 11.4 Å². The molecule has 0 saturated carbocycles. The first kappa shape index (κ1) is 18.9. The summed E-state index contributed by atoms with van der Waals surface area (Å²) in [6.45, 7) is 0. The van der Waals surface area contributed by atoms with Crippen LogP contribution in [0, 0.1) is 20.2 Å². The first-order valence-corrected chi connectivity index (χ1v) is 9.26. The van der Waals surface area contributed by atoms with Gasteiger partial charge in [0.2, 0.25) is 0 Å². The molecule has 0 N–H and O–H groups in total. The molecule has 0 amide bonds. The molecule has 7 heteroatoms. The highest BCUT2D eigenvalue weighted by Gasteiger charge is 2.04. The van der Waals surface area contributed by atoms with Gasteiger partial charge in [0, 0.05) is 24.3 Å². The summed E-state index contributed by atoms with van der Waals surface area (Å²) >= 11 is 1.89. The number of rotatable bonds is 10. The average Bonchev–Trinajstić information content (AvgIpc) is 2.61. The number of benzene rings is 2. The summed E-state index contributed by atoms with van der Waals surface area (Å²) in [5.41, 5.74) is 2.50. The van der Waals surface area contributed by atoms with Crippen LogP contribution in [-0.2, 0) is 12.8 Å². The van der Waals surface area contributed by atoms with Crippen molar-refractivity contribution in [2.24, 2.45) is 0 Å². The van der Waals surface area contributed by atoms with Crippen LogP contribution in [0.5, 0.6) is 0 Å². The lowest BCUT2D eigenvalue weighted by Gasteiger charge is -2.03. The van der Waals surface area contributed by atoms with E-state index in [9.17, 15) is 20.2 Å². The van der Waals surface area contributed by atoms with Crippen molar-refractivity contribution in [1.82, 2.24) is 0 Å². The fraction of sp³-hybridized carbons (Fsp3) is 0.333. The zero-order valence-electron chi connectivity index (χ0n) is 13.8. The second kappa shape index (κ2) is 9.78. The van der Waals surface area contributed by atoms with Crippen molar-refractivity contribution >= 4 is 23.1 Å². The maximum atomic E-state index is 10.6. The highest BCUT2D eigenvalue weighted by molar-refractivity contribution is 7.99. The molecule has 2 rings (SSSR count). The van der Waals surface area contributed by atoms with Gasteiger partial charge in [0.1, 0.15) is 0 Å². The minimum atomic E-state index is -0.384. The van der Waals surface area contributed by atoms with Crippen molar-refractivity contribution in [3.05, 3.63) is 79.9 Å². The number of thioether (sulfide) groups is 1. The topological polar surface area (TPSA) is 86.3 Å².